The molecule has 4 rings (SSSR count). The summed E-state index contributed by atoms with van der Waals surface area (Å²) in [4.78, 5) is 18.1. The third kappa shape index (κ3) is 2.63. The van der Waals surface area contributed by atoms with Gasteiger partial charge in [-0.1, -0.05) is 29.5 Å². The van der Waals surface area contributed by atoms with Gasteiger partial charge in [-0.15, -0.1) is 0 Å². The van der Waals surface area contributed by atoms with Crippen molar-refractivity contribution in [2.24, 2.45) is 4.99 Å². The van der Waals surface area contributed by atoms with Crippen LogP contribution in [-0.2, 0) is 4.79 Å². The SMILES string of the molecule is Cc1ccc(-n2c(C)cc(C=C3C(=N)N4C=CSC4=NC3=O)c2C)cc1. The zero-order valence-corrected chi connectivity index (χ0v) is 15.6. The zero-order chi connectivity index (χ0) is 18.4. The Hall–Kier alpha value is -2.86. The maximum absolute atomic E-state index is 12.4. The van der Waals surface area contributed by atoms with Crippen LogP contribution < -0.4 is 0 Å². The number of amides is 1. The number of aliphatic imine (C=N–C) groups is 1. The molecule has 1 aromatic heterocycles. The van der Waals surface area contributed by atoms with Gasteiger partial charge >= 0.3 is 0 Å². The van der Waals surface area contributed by atoms with Crippen LogP contribution in [-0.4, -0.2) is 26.4 Å². The van der Waals surface area contributed by atoms with E-state index in [2.05, 4.69) is 40.7 Å². The zero-order valence-electron chi connectivity index (χ0n) is 14.8. The van der Waals surface area contributed by atoms with Gasteiger partial charge in [-0.25, -0.2) is 0 Å². The van der Waals surface area contributed by atoms with E-state index in [0.717, 1.165) is 22.6 Å². The number of carbonyl (C=O) groups is 1. The van der Waals surface area contributed by atoms with E-state index in [0.29, 0.717) is 10.7 Å². The molecule has 0 unspecified atom stereocenters. The highest BCUT2D eigenvalue weighted by Gasteiger charge is 2.31. The number of hydrogen-bond acceptors (Lipinski definition) is 3. The Morgan fingerprint density at radius 1 is 1.15 bits per heavy atom. The van der Waals surface area contributed by atoms with Gasteiger partial charge in [0.25, 0.3) is 5.91 Å². The van der Waals surface area contributed by atoms with Crippen LogP contribution >= 0.6 is 11.8 Å². The van der Waals surface area contributed by atoms with Crippen molar-refractivity contribution >= 4 is 34.7 Å². The lowest BCUT2D eigenvalue weighted by Gasteiger charge is -2.22. The fourth-order valence-electron chi connectivity index (χ4n) is 3.21. The highest BCUT2D eigenvalue weighted by molar-refractivity contribution is 8.16. The molecule has 0 fully saturated rings. The number of aromatic nitrogens is 1. The lowest BCUT2D eigenvalue weighted by atomic mass is 10.1. The molecule has 1 aromatic carbocycles. The number of nitrogens with zero attached hydrogens (tertiary/aromatic N) is 3. The molecule has 26 heavy (non-hydrogen) atoms. The molecule has 130 valence electrons. The second-order valence-corrected chi connectivity index (χ2v) is 7.25. The Morgan fingerprint density at radius 3 is 2.62 bits per heavy atom. The second-order valence-electron chi connectivity index (χ2n) is 6.38. The largest absolute Gasteiger partial charge is 0.318 e. The van der Waals surface area contributed by atoms with Crippen LogP contribution in [0.5, 0.6) is 0 Å². The van der Waals surface area contributed by atoms with Gasteiger partial charge in [0.2, 0.25) is 0 Å². The lowest BCUT2D eigenvalue weighted by Crippen LogP contribution is -2.35. The molecule has 0 aliphatic carbocycles. The highest BCUT2D eigenvalue weighted by atomic mass is 32.2. The number of hydrogen-bond donors (Lipinski definition) is 1. The third-order valence-electron chi connectivity index (χ3n) is 4.58. The topological polar surface area (TPSA) is 61.5 Å². The van der Waals surface area contributed by atoms with Crippen LogP contribution in [0.25, 0.3) is 11.8 Å². The van der Waals surface area contributed by atoms with Gasteiger partial charge in [-0.2, -0.15) is 4.99 Å². The average molecular weight is 362 g/mol. The molecule has 2 aliphatic rings. The minimum atomic E-state index is -0.363. The van der Waals surface area contributed by atoms with Crippen molar-refractivity contribution in [1.29, 1.82) is 5.41 Å². The Balaban J connectivity index is 1.78. The van der Waals surface area contributed by atoms with Crippen LogP contribution in [0.15, 0.2) is 52.5 Å². The third-order valence-corrected chi connectivity index (χ3v) is 5.33. The summed E-state index contributed by atoms with van der Waals surface area (Å²) in [6.45, 7) is 6.13. The van der Waals surface area contributed by atoms with Crippen molar-refractivity contribution in [3.63, 3.8) is 0 Å². The molecule has 3 heterocycles. The number of aryl methyl sites for hydroxylation is 2. The van der Waals surface area contributed by atoms with Crippen molar-refractivity contribution < 1.29 is 4.79 Å². The second kappa shape index (κ2) is 6.14. The minimum absolute atomic E-state index is 0.168. The molecular weight excluding hydrogens is 344 g/mol. The Labute approximate surface area is 156 Å². The van der Waals surface area contributed by atoms with Gasteiger partial charge in [-0.3, -0.25) is 15.1 Å². The molecule has 0 spiro atoms. The first kappa shape index (κ1) is 16.6. The number of carbonyl (C=O) groups excluding carboxylic acids is 1. The van der Waals surface area contributed by atoms with Gasteiger partial charge in [0.05, 0.1) is 5.57 Å². The first-order valence-corrected chi connectivity index (χ1v) is 9.16. The van der Waals surface area contributed by atoms with Crippen molar-refractivity contribution in [2.75, 3.05) is 0 Å². The van der Waals surface area contributed by atoms with Crippen LogP contribution in [0.3, 0.4) is 0 Å². The molecule has 1 amide bonds. The van der Waals surface area contributed by atoms with E-state index in [4.69, 9.17) is 5.41 Å². The van der Waals surface area contributed by atoms with Crippen molar-refractivity contribution in [1.82, 2.24) is 9.47 Å². The van der Waals surface area contributed by atoms with Crippen LogP contribution in [0.2, 0.25) is 0 Å². The van der Waals surface area contributed by atoms with Crippen LogP contribution in [0.1, 0.15) is 22.5 Å². The average Bonchev–Trinajstić information content (AvgIpc) is 3.17. The molecule has 6 heteroatoms. The van der Waals surface area contributed by atoms with E-state index in [1.807, 2.05) is 25.3 Å². The summed E-state index contributed by atoms with van der Waals surface area (Å²) in [5.74, 6) is -0.195. The first-order valence-electron chi connectivity index (χ1n) is 8.28. The summed E-state index contributed by atoms with van der Waals surface area (Å²) >= 11 is 1.35. The van der Waals surface area contributed by atoms with Gasteiger partial charge < -0.3 is 4.57 Å². The molecule has 0 saturated heterocycles. The predicted molar refractivity (Wildman–Crippen MR) is 107 cm³/mol. The molecule has 0 saturated carbocycles. The van der Waals surface area contributed by atoms with E-state index >= 15 is 0 Å². The highest BCUT2D eigenvalue weighted by Crippen LogP contribution is 2.29. The van der Waals surface area contributed by atoms with Crippen molar-refractivity contribution in [3.05, 3.63) is 70.0 Å². The summed E-state index contributed by atoms with van der Waals surface area (Å²) in [5.41, 5.74) is 5.63. The molecule has 2 aliphatic heterocycles. The predicted octanol–water partition coefficient (Wildman–Crippen LogP) is 4.18. The fourth-order valence-corrected chi connectivity index (χ4v) is 3.92. The van der Waals surface area contributed by atoms with E-state index in [1.54, 1.807) is 17.2 Å². The number of rotatable bonds is 2. The molecule has 0 bridgehead atoms. The maximum atomic E-state index is 12.4. The summed E-state index contributed by atoms with van der Waals surface area (Å²) in [7, 11) is 0. The quantitative estimate of drug-likeness (QED) is 0.815. The number of benzene rings is 1. The van der Waals surface area contributed by atoms with Crippen LogP contribution in [0.4, 0.5) is 0 Å². The molecule has 0 radical (unpaired) electrons. The Kier molecular flexibility index (Phi) is 3.92. The summed E-state index contributed by atoms with van der Waals surface area (Å²) in [5, 5.41) is 10.7. The van der Waals surface area contributed by atoms with E-state index in [-0.39, 0.29) is 11.7 Å². The van der Waals surface area contributed by atoms with Crippen molar-refractivity contribution in [3.8, 4) is 5.69 Å². The van der Waals surface area contributed by atoms with Gasteiger partial charge in [-0.05, 0) is 56.0 Å². The number of fused-ring (bicyclic) bond motifs is 1. The Bertz CT molecular complexity index is 1020. The monoisotopic (exact) mass is 362 g/mol. The van der Waals surface area contributed by atoms with Crippen LogP contribution in [0, 0.1) is 26.2 Å². The van der Waals surface area contributed by atoms with E-state index in [9.17, 15) is 4.79 Å². The summed E-state index contributed by atoms with van der Waals surface area (Å²) in [6.07, 6.45) is 3.54. The molecular formula is C20H18N4OS. The Morgan fingerprint density at radius 2 is 1.88 bits per heavy atom. The van der Waals surface area contributed by atoms with E-state index in [1.165, 1.54) is 17.3 Å². The molecule has 5 nitrogen and oxygen atoms in total. The fraction of sp³-hybridized carbons (Fsp3) is 0.150. The van der Waals surface area contributed by atoms with Gasteiger partial charge in [0, 0.05) is 23.3 Å². The normalized spacial score (nSPS) is 17.9. The standard InChI is InChI=1S/C20H18N4OS/c1-12-4-6-16(7-5-12)24-13(2)10-15(14(24)3)11-17-18(21)23-8-9-26-20(23)22-19(17)25/h4-11,21H,1-3H3. The summed E-state index contributed by atoms with van der Waals surface area (Å²) in [6, 6.07) is 10.4. The molecule has 1 N–H and O–H groups in total. The van der Waals surface area contributed by atoms with Crippen molar-refractivity contribution in [2.45, 2.75) is 20.8 Å². The van der Waals surface area contributed by atoms with Gasteiger partial charge in [0.1, 0.15) is 5.84 Å². The lowest BCUT2D eigenvalue weighted by molar-refractivity contribution is -0.114. The number of thioether (sulfide) groups is 1. The van der Waals surface area contributed by atoms with Gasteiger partial charge in [0.15, 0.2) is 5.17 Å². The summed E-state index contributed by atoms with van der Waals surface area (Å²) < 4.78 is 2.16. The van der Waals surface area contributed by atoms with E-state index < -0.39 is 0 Å². The minimum Gasteiger partial charge on any atom is -0.318 e. The number of nitrogens with one attached hydrogen (secondary N) is 1. The first-order chi connectivity index (χ1) is 12.5. The molecule has 0 atom stereocenters. The smallest absolute Gasteiger partial charge is 0.283 e. The molecule has 2 aromatic rings. The number of amidine groups is 2. The maximum Gasteiger partial charge on any atom is 0.283 e.